The molecule has 2 nitrogen and oxygen atoms in total. The number of hydrogen-bond donors (Lipinski definition) is 1. The number of benzene rings is 1. The summed E-state index contributed by atoms with van der Waals surface area (Å²) in [7, 11) is 0. The predicted molar refractivity (Wildman–Crippen MR) is 82.7 cm³/mol. The van der Waals surface area contributed by atoms with E-state index >= 15 is 0 Å². The van der Waals surface area contributed by atoms with Crippen LogP contribution in [0, 0.1) is 0 Å². The highest BCUT2D eigenvalue weighted by Crippen LogP contribution is 2.26. The average Bonchev–Trinajstić information content (AvgIpc) is 3.17. The van der Waals surface area contributed by atoms with Gasteiger partial charge in [-0.25, -0.2) is 0 Å². The molecular weight excluding hydrogens is 322 g/mol. The molecule has 1 N–H and O–H groups in total. The van der Waals surface area contributed by atoms with E-state index in [9.17, 15) is 0 Å². The summed E-state index contributed by atoms with van der Waals surface area (Å²) in [6, 6.07) is 11.1. The molecule has 1 saturated carbocycles. The van der Waals surface area contributed by atoms with Crippen molar-refractivity contribution < 1.29 is 4.74 Å². The Kier molecular flexibility index (Phi) is 4.21. The highest BCUT2D eigenvalue weighted by molar-refractivity contribution is 9.10. The van der Waals surface area contributed by atoms with Crippen LogP contribution in [0.5, 0.6) is 5.75 Å². The van der Waals surface area contributed by atoms with Gasteiger partial charge in [0.2, 0.25) is 0 Å². The fourth-order valence-corrected chi connectivity index (χ4v) is 3.28. The van der Waals surface area contributed by atoms with Crippen LogP contribution in [0.2, 0.25) is 0 Å². The first-order valence-electron chi connectivity index (χ1n) is 6.49. The smallest absolute Gasteiger partial charge is 0.124 e. The van der Waals surface area contributed by atoms with E-state index in [2.05, 4.69) is 44.8 Å². The lowest BCUT2D eigenvalue weighted by Gasteiger charge is -2.11. The molecule has 0 spiro atoms. The summed E-state index contributed by atoms with van der Waals surface area (Å²) in [5, 5.41) is 5.60. The Morgan fingerprint density at radius 1 is 1.26 bits per heavy atom. The molecule has 1 aliphatic rings. The molecule has 0 radical (unpaired) electrons. The lowest BCUT2D eigenvalue weighted by Crippen LogP contribution is -2.16. The second-order valence-corrected chi connectivity index (χ2v) is 6.60. The quantitative estimate of drug-likeness (QED) is 0.846. The summed E-state index contributed by atoms with van der Waals surface area (Å²) in [6.07, 6.45) is 2.62. The average molecular weight is 338 g/mol. The Balaban J connectivity index is 1.64. The first-order valence-corrected chi connectivity index (χ1v) is 8.16. The minimum atomic E-state index is 0.624. The van der Waals surface area contributed by atoms with Crippen LogP contribution in [-0.4, -0.2) is 6.04 Å². The van der Waals surface area contributed by atoms with Crippen molar-refractivity contribution in [2.24, 2.45) is 0 Å². The van der Waals surface area contributed by atoms with E-state index < -0.39 is 0 Å². The van der Waals surface area contributed by atoms with Crippen molar-refractivity contribution in [3.05, 3.63) is 50.6 Å². The van der Waals surface area contributed by atoms with E-state index in [4.69, 9.17) is 4.74 Å². The zero-order valence-electron chi connectivity index (χ0n) is 10.6. The predicted octanol–water partition coefficient (Wildman–Crippen LogP) is 4.34. The third-order valence-corrected chi connectivity index (χ3v) is 5.08. The van der Waals surface area contributed by atoms with Gasteiger partial charge in [-0.05, 0) is 46.3 Å². The molecule has 1 fully saturated rings. The normalized spacial score (nSPS) is 14.6. The molecule has 0 aliphatic heterocycles. The van der Waals surface area contributed by atoms with Crippen LogP contribution in [0.25, 0.3) is 0 Å². The molecule has 0 atom stereocenters. The number of rotatable bonds is 6. The van der Waals surface area contributed by atoms with E-state index in [1.54, 1.807) is 11.3 Å². The Labute approximate surface area is 125 Å². The maximum Gasteiger partial charge on any atom is 0.124 e. The van der Waals surface area contributed by atoms with Crippen molar-refractivity contribution in [1.82, 2.24) is 5.32 Å². The fraction of sp³-hybridized carbons (Fsp3) is 0.333. The van der Waals surface area contributed by atoms with E-state index in [0.29, 0.717) is 6.61 Å². The van der Waals surface area contributed by atoms with E-state index in [1.165, 1.54) is 23.3 Å². The Morgan fingerprint density at radius 3 is 2.84 bits per heavy atom. The second kappa shape index (κ2) is 6.07. The number of nitrogens with one attached hydrogen (secondary N) is 1. The highest BCUT2D eigenvalue weighted by atomic mass is 79.9. The first kappa shape index (κ1) is 13.2. The summed E-state index contributed by atoms with van der Waals surface area (Å²) >= 11 is 5.25. The van der Waals surface area contributed by atoms with Crippen LogP contribution in [0.15, 0.2) is 40.2 Å². The number of hydrogen-bond acceptors (Lipinski definition) is 3. The monoisotopic (exact) mass is 337 g/mol. The summed E-state index contributed by atoms with van der Waals surface area (Å²) in [5.74, 6) is 0.982. The first-order chi connectivity index (χ1) is 9.33. The van der Waals surface area contributed by atoms with Gasteiger partial charge in [0.15, 0.2) is 0 Å². The minimum Gasteiger partial charge on any atom is -0.488 e. The van der Waals surface area contributed by atoms with Crippen molar-refractivity contribution in [2.75, 3.05) is 0 Å². The molecule has 1 aliphatic carbocycles. The van der Waals surface area contributed by atoms with Gasteiger partial charge in [-0.3, -0.25) is 0 Å². The van der Waals surface area contributed by atoms with Crippen molar-refractivity contribution in [1.29, 1.82) is 0 Å². The van der Waals surface area contributed by atoms with Crippen LogP contribution in [0.3, 0.4) is 0 Å². The van der Waals surface area contributed by atoms with Crippen LogP contribution < -0.4 is 10.1 Å². The Hall–Kier alpha value is -0.840. The zero-order chi connectivity index (χ0) is 13.1. The molecule has 19 heavy (non-hydrogen) atoms. The van der Waals surface area contributed by atoms with Gasteiger partial charge in [0.05, 0.1) is 4.88 Å². The van der Waals surface area contributed by atoms with Gasteiger partial charge in [-0.1, -0.05) is 18.2 Å². The maximum atomic E-state index is 5.96. The van der Waals surface area contributed by atoms with Crippen molar-refractivity contribution in [3.63, 3.8) is 0 Å². The Morgan fingerprint density at radius 2 is 2.11 bits per heavy atom. The summed E-state index contributed by atoms with van der Waals surface area (Å²) in [5.41, 5.74) is 1.24. The lowest BCUT2D eigenvalue weighted by molar-refractivity contribution is 0.305. The van der Waals surface area contributed by atoms with Gasteiger partial charge in [-0.2, -0.15) is 0 Å². The van der Waals surface area contributed by atoms with Gasteiger partial charge in [0.1, 0.15) is 12.4 Å². The van der Waals surface area contributed by atoms with E-state index in [1.807, 2.05) is 12.1 Å². The largest absolute Gasteiger partial charge is 0.488 e. The van der Waals surface area contributed by atoms with Gasteiger partial charge in [-0.15, -0.1) is 11.3 Å². The van der Waals surface area contributed by atoms with Crippen molar-refractivity contribution in [3.8, 4) is 5.75 Å². The van der Waals surface area contributed by atoms with Gasteiger partial charge in [0, 0.05) is 22.6 Å². The third kappa shape index (κ3) is 3.59. The molecule has 0 unspecified atom stereocenters. The molecule has 1 aromatic heterocycles. The molecule has 3 rings (SSSR count). The molecule has 2 aromatic rings. The van der Waals surface area contributed by atoms with Gasteiger partial charge >= 0.3 is 0 Å². The Bertz CT molecular complexity index is 551. The standard InChI is InChI=1S/C15H16BrNOS/c16-13-7-8-19-15(13)10-18-14-4-2-1-3-11(14)9-17-12-5-6-12/h1-4,7-8,12,17H,5-6,9-10H2. The third-order valence-electron chi connectivity index (χ3n) is 3.18. The van der Waals surface area contributed by atoms with Crippen LogP contribution >= 0.6 is 27.3 Å². The van der Waals surface area contributed by atoms with Crippen LogP contribution in [0.4, 0.5) is 0 Å². The van der Waals surface area contributed by atoms with Crippen LogP contribution in [-0.2, 0) is 13.2 Å². The molecule has 0 saturated heterocycles. The summed E-state index contributed by atoms with van der Waals surface area (Å²) < 4.78 is 7.09. The molecule has 100 valence electrons. The number of halogens is 1. The fourth-order valence-electron chi connectivity index (χ4n) is 1.90. The number of ether oxygens (including phenoxy) is 1. The lowest BCUT2D eigenvalue weighted by atomic mass is 10.2. The number of thiophene rings is 1. The van der Waals surface area contributed by atoms with Crippen LogP contribution in [0.1, 0.15) is 23.3 Å². The molecular formula is C15H16BrNOS. The molecule has 0 amide bonds. The molecule has 0 bridgehead atoms. The topological polar surface area (TPSA) is 21.3 Å². The molecule has 1 heterocycles. The maximum absolute atomic E-state index is 5.96. The van der Waals surface area contributed by atoms with E-state index in [-0.39, 0.29) is 0 Å². The summed E-state index contributed by atoms with van der Waals surface area (Å²) in [4.78, 5) is 1.23. The SMILES string of the molecule is Brc1ccsc1COc1ccccc1CNC1CC1. The van der Waals surface area contributed by atoms with E-state index in [0.717, 1.165) is 22.8 Å². The van der Waals surface area contributed by atoms with Gasteiger partial charge < -0.3 is 10.1 Å². The second-order valence-electron chi connectivity index (χ2n) is 4.74. The van der Waals surface area contributed by atoms with Gasteiger partial charge in [0.25, 0.3) is 0 Å². The van der Waals surface area contributed by atoms with Crippen molar-refractivity contribution in [2.45, 2.75) is 32.0 Å². The summed E-state index contributed by atoms with van der Waals surface area (Å²) in [6.45, 7) is 1.52. The zero-order valence-corrected chi connectivity index (χ0v) is 13.0. The minimum absolute atomic E-state index is 0.624. The molecule has 1 aromatic carbocycles. The molecule has 4 heteroatoms. The van der Waals surface area contributed by atoms with Crippen molar-refractivity contribution >= 4 is 27.3 Å². The number of para-hydroxylation sites is 1. The highest BCUT2D eigenvalue weighted by Gasteiger charge is 2.20.